The van der Waals surface area contributed by atoms with Crippen molar-refractivity contribution in [3.05, 3.63) is 11.6 Å². The highest BCUT2D eigenvalue weighted by Crippen LogP contribution is 2.27. The van der Waals surface area contributed by atoms with Crippen molar-refractivity contribution < 1.29 is 28.5 Å². The summed E-state index contributed by atoms with van der Waals surface area (Å²) in [7, 11) is 0. The Morgan fingerprint density at radius 1 is 0.511 bits per heavy atom. The molecule has 262 valence electrons. The smallest absolute Gasteiger partial charge is 0.334 e. The van der Waals surface area contributed by atoms with Crippen molar-refractivity contribution in [2.24, 2.45) is 0 Å². The average molecular weight is 635 g/mol. The van der Waals surface area contributed by atoms with Gasteiger partial charge in [-0.3, -0.25) is 0 Å². The van der Waals surface area contributed by atoms with Gasteiger partial charge in [0.15, 0.2) is 0 Å². The van der Waals surface area contributed by atoms with Crippen LogP contribution in [0.2, 0.25) is 0 Å². The molecule has 0 spiro atoms. The lowest BCUT2D eigenvalue weighted by atomic mass is 9.97. The zero-order valence-corrected chi connectivity index (χ0v) is 29.4. The molecule has 5 atom stereocenters. The van der Waals surface area contributed by atoms with Crippen molar-refractivity contribution >= 4 is 5.97 Å². The number of ether oxygens (including phenoxy) is 5. The first-order valence-corrected chi connectivity index (χ1v) is 19.6. The molecule has 3 aliphatic heterocycles. The molecule has 0 aromatic heterocycles. The van der Waals surface area contributed by atoms with Gasteiger partial charge in [0.1, 0.15) is 19.7 Å². The predicted molar refractivity (Wildman–Crippen MR) is 183 cm³/mol. The van der Waals surface area contributed by atoms with Crippen LogP contribution in [0, 0.1) is 0 Å². The molecular weight excluding hydrogens is 564 g/mol. The van der Waals surface area contributed by atoms with E-state index in [1.165, 1.54) is 135 Å². The summed E-state index contributed by atoms with van der Waals surface area (Å²) in [4.78, 5) is 11.6. The molecule has 0 aliphatic carbocycles. The number of hydrogen-bond acceptors (Lipinski definition) is 6. The highest BCUT2D eigenvalue weighted by Gasteiger charge is 2.30. The third kappa shape index (κ3) is 17.1. The highest BCUT2D eigenvalue weighted by atomic mass is 16.7. The summed E-state index contributed by atoms with van der Waals surface area (Å²) in [6.45, 7) is 5.17. The fourth-order valence-electron chi connectivity index (χ4n) is 7.35. The summed E-state index contributed by atoms with van der Waals surface area (Å²) in [6.07, 6.45) is 37.5. The average Bonchev–Trinajstić information content (AvgIpc) is 3.76. The Bertz CT molecular complexity index is 769. The summed E-state index contributed by atoms with van der Waals surface area (Å²) >= 11 is 0. The van der Waals surface area contributed by atoms with Crippen LogP contribution in [0.3, 0.4) is 0 Å². The van der Waals surface area contributed by atoms with E-state index < -0.39 is 0 Å². The number of unbranched alkanes of at least 4 members (excludes halogenated alkanes) is 19. The van der Waals surface area contributed by atoms with E-state index in [1.807, 2.05) is 13.0 Å². The molecule has 6 nitrogen and oxygen atoms in total. The van der Waals surface area contributed by atoms with Gasteiger partial charge in [0.05, 0.1) is 24.4 Å². The van der Waals surface area contributed by atoms with Gasteiger partial charge in [0.25, 0.3) is 0 Å². The molecule has 2 fully saturated rings. The quantitative estimate of drug-likeness (QED) is 0.0602. The molecule has 0 radical (unpaired) electrons. The van der Waals surface area contributed by atoms with E-state index in [-0.39, 0.29) is 30.4 Å². The van der Waals surface area contributed by atoms with Crippen LogP contribution in [-0.4, -0.2) is 50.1 Å². The molecule has 4 unspecified atom stereocenters. The summed E-state index contributed by atoms with van der Waals surface area (Å²) in [5.74, 6) is -0.0997. The first kappa shape index (κ1) is 38.5. The minimum atomic E-state index is -0.0997. The van der Waals surface area contributed by atoms with E-state index in [4.69, 9.17) is 23.7 Å². The molecule has 0 aromatic rings. The Kier molecular flexibility index (Phi) is 21.5. The van der Waals surface area contributed by atoms with Gasteiger partial charge < -0.3 is 23.7 Å². The van der Waals surface area contributed by atoms with E-state index in [0.717, 1.165) is 44.1 Å². The molecule has 6 heteroatoms. The van der Waals surface area contributed by atoms with Crippen molar-refractivity contribution in [1.82, 2.24) is 0 Å². The molecule has 0 saturated carbocycles. The summed E-state index contributed by atoms with van der Waals surface area (Å²) in [5.41, 5.74) is 0.889. The molecule has 0 amide bonds. The zero-order valence-electron chi connectivity index (χ0n) is 29.4. The summed E-state index contributed by atoms with van der Waals surface area (Å²) in [6, 6.07) is 0. The minimum Gasteiger partial charge on any atom is -0.455 e. The lowest BCUT2D eigenvalue weighted by molar-refractivity contribution is -0.139. The van der Waals surface area contributed by atoms with Crippen LogP contribution in [0.1, 0.15) is 187 Å². The highest BCUT2D eigenvalue weighted by molar-refractivity contribution is 5.90. The second kappa shape index (κ2) is 25.1. The van der Waals surface area contributed by atoms with E-state index in [1.54, 1.807) is 0 Å². The van der Waals surface area contributed by atoms with E-state index in [0.29, 0.717) is 19.7 Å². The van der Waals surface area contributed by atoms with E-state index in [9.17, 15) is 4.79 Å². The topological polar surface area (TPSA) is 63.2 Å². The van der Waals surface area contributed by atoms with Crippen molar-refractivity contribution in [2.75, 3.05) is 13.6 Å². The molecule has 0 aromatic carbocycles. The van der Waals surface area contributed by atoms with Crippen molar-refractivity contribution in [1.29, 1.82) is 0 Å². The number of cyclic esters (lactones) is 1. The molecule has 0 bridgehead atoms. The van der Waals surface area contributed by atoms with Crippen LogP contribution in [-0.2, 0) is 28.5 Å². The predicted octanol–water partition coefficient (Wildman–Crippen LogP) is 10.9. The van der Waals surface area contributed by atoms with Gasteiger partial charge in [-0.1, -0.05) is 142 Å². The van der Waals surface area contributed by atoms with Crippen molar-refractivity contribution in [3.8, 4) is 0 Å². The third-order valence-electron chi connectivity index (χ3n) is 10.2. The SMILES string of the molecule is CCCCCCCCCCC1OCOC1CCCCC1OCOC1CCCCCCCCCCCCCCC1=C[C@H](C)OC1=O. The molecule has 0 N–H and O–H groups in total. The number of carbonyl (C=O) groups is 1. The molecule has 3 rings (SSSR count). The van der Waals surface area contributed by atoms with Crippen molar-refractivity contribution in [2.45, 2.75) is 218 Å². The third-order valence-corrected chi connectivity index (χ3v) is 10.2. The van der Waals surface area contributed by atoms with Gasteiger partial charge in [0.2, 0.25) is 0 Å². The summed E-state index contributed by atoms with van der Waals surface area (Å²) < 4.78 is 29.0. The van der Waals surface area contributed by atoms with Gasteiger partial charge >= 0.3 is 5.97 Å². The fourth-order valence-corrected chi connectivity index (χ4v) is 7.35. The number of esters is 1. The van der Waals surface area contributed by atoms with Crippen LogP contribution in [0.4, 0.5) is 0 Å². The van der Waals surface area contributed by atoms with Crippen LogP contribution >= 0.6 is 0 Å². The largest absolute Gasteiger partial charge is 0.455 e. The monoisotopic (exact) mass is 635 g/mol. The molecule has 45 heavy (non-hydrogen) atoms. The number of carbonyl (C=O) groups excluding carboxylic acids is 1. The van der Waals surface area contributed by atoms with Gasteiger partial charge in [0, 0.05) is 5.57 Å². The standard InChI is InChI=1S/C39H70O6/c1-3-4-5-6-7-15-18-21-26-35-37(43-31-41-35)28-23-24-29-38-36(42-32-44-38)27-22-19-16-13-11-9-8-10-12-14-17-20-25-34-30-33(2)45-39(34)40/h30,33,35-38H,3-29,31-32H2,1-2H3/t33-,35?,36?,37?,38?/m0/s1. The first-order valence-electron chi connectivity index (χ1n) is 19.6. The van der Waals surface area contributed by atoms with Gasteiger partial charge in [-0.15, -0.1) is 0 Å². The Labute approximate surface area is 277 Å². The second-order valence-corrected chi connectivity index (χ2v) is 14.2. The number of hydrogen-bond donors (Lipinski definition) is 0. The lowest BCUT2D eigenvalue weighted by Crippen LogP contribution is -2.24. The molecule has 3 aliphatic rings. The van der Waals surface area contributed by atoms with E-state index >= 15 is 0 Å². The maximum absolute atomic E-state index is 11.6. The van der Waals surface area contributed by atoms with Gasteiger partial charge in [-0.25, -0.2) is 4.79 Å². The van der Waals surface area contributed by atoms with Crippen molar-refractivity contribution in [3.63, 3.8) is 0 Å². The Balaban J connectivity index is 1.07. The molecule has 2 saturated heterocycles. The fraction of sp³-hybridized carbons (Fsp3) is 0.923. The number of rotatable bonds is 29. The maximum atomic E-state index is 11.6. The lowest BCUT2D eigenvalue weighted by Gasteiger charge is -2.19. The Hall–Kier alpha value is -0.950. The minimum absolute atomic E-state index is 0.0301. The zero-order chi connectivity index (χ0) is 31.8. The normalized spacial score (nSPS) is 24.9. The second-order valence-electron chi connectivity index (χ2n) is 14.2. The van der Waals surface area contributed by atoms with Crippen LogP contribution in [0.5, 0.6) is 0 Å². The van der Waals surface area contributed by atoms with Gasteiger partial charge in [-0.05, 0) is 51.5 Å². The Morgan fingerprint density at radius 3 is 1.20 bits per heavy atom. The molecule has 3 heterocycles. The van der Waals surface area contributed by atoms with Crippen LogP contribution in [0.15, 0.2) is 11.6 Å². The molecular formula is C39H70O6. The maximum Gasteiger partial charge on any atom is 0.334 e. The first-order chi connectivity index (χ1) is 22.2. The van der Waals surface area contributed by atoms with Crippen LogP contribution < -0.4 is 0 Å². The van der Waals surface area contributed by atoms with Gasteiger partial charge in [-0.2, -0.15) is 0 Å². The Morgan fingerprint density at radius 2 is 0.844 bits per heavy atom. The summed E-state index contributed by atoms with van der Waals surface area (Å²) in [5, 5.41) is 0. The van der Waals surface area contributed by atoms with E-state index in [2.05, 4.69) is 6.92 Å². The van der Waals surface area contributed by atoms with Crippen LogP contribution in [0.25, 0.3) is 0 Å².